The van der Waals surface area contributed by atoms with Gasteiger partial charge in [0.05, 0.1) is 21.9 Å². The molecule has 2 fully saturated rings. The molecule has 1 amide bonds. The second kappa shape index (κ2) is 9.70. The standard InChI is InChI=1S/C30H35BrN4O3/c1-30(2,3)38-29(37)32-20-14-11-18(12-15-20)19-13-16-23-25(17-19)34(21-7-4-5-8-21)28-33-27(36)26-22(31)9-6-10-24(26)35(23)28/h6,9-10,13,16-18,20-21H,4-5,7-8,11-12,14-15H2,1-3H3,(H,32,37). The lowest BCUT2D eigenvalue weighted by atomic mass is 9.81. The van der Waals surface area contributed by atoms with E-state index in [0.717, 1.165) is 65.3 Å². The fraction of sp³-hybridized carbons (Fsp3) is 0.500. The van der Waals surface area contributed by atoms with Gasteiger partial charge < -0.3 is 14.6 Å². The first-order valence-corrected chi connectivity index (χ1v) is 14.6. The molecule has 2 aromatic heterocycles. The molecule has 4 aromatic rings. The number of carbonyl (C=O) groups is 1. The Morgan fingerprint density at radius 1 is 1.00 bits per heavy atom. The molecule has 2 heterocycles. The number of halogens is 1. The molecule has 200 valence electrons. The highest BCUT2D eigenvalue weighted by atomic mass is 79.9. The Labute approximate surface area is 230 Å². The van der Waals surface area contributed by atoms with Crippen molar-refractivity contribution < 1.29 is 9.53 Å². The number of ether oxygens (including phenoxy) is 1. The van der Waals surface area contributed by atoms with Crippen LogP contribution in [0.1, 0.15) is 89.7 Å². The highest BCUT2D eigenvalue weighted by Gasteiger charge is 2.28. The Hall–Kier alpha value is -2.87. The molecule has 0 unspecified atom stereocenters. The zero-order valence-electron chi connectivity index (χ0n) is 22.3. The number of amides is 1. The number of hydrogen-bond acceptors (Lipinski definition) is 4. The quantitative estimate of drug-likeness (QED) is 0.278. The van der Waals surface area contributed by atoms with E-state index >= 15 is 0 Å². The third-order valence-electron chi connectivity index (χ3n) is 8.17. The second-order valence-corrected chi connectivity index (χ2v) is 12.8. The van der Waals surface area contributed by atoms with Gasteiger partial charge in [0.2, 0.25) is 5.78 Å². The van der Waals surface area contributed by atoms with E-state index in [9.17, 15) is 9.59 Å². The van der Waals surface area contributed by atoms with Gasteiger partial charge in [-0.2, -0.15) is 4.98 Å². The number of nitrogens with zero attached hydrogens (tertiary/aromatic N) is 3. The van der Waals surface area contributed by atoms with Crippen molar-refractivity contribution in [2.24, 2.45) is 0 Å². The summed E-state index contributed by atoms with van der Waals surface area (Å²) in [4.78, 5) is 30.0. The molecule has 1 N–H and O–H groups in total. The fourth-order valence-corrected chi connectivity index (χ4v) is 6.99. The topological polar surface area (TPSA) is 77.6 Å². The molecule has 2 aliphatic rings. The van der Waals surface area contributed by atoms with Crippen LogP contribution in [0.3, 0.4) is 0 Å². The van der Waals surface area contributed by atoms with E-state index < -0.39 is 5.60 Å². The van der Waals surface area contributed by atoms with E-state index in [1.54, 1.807) is 0 Å². The largest absolute Gasteiger partial charge is 0.444 e. The minimum Gasteiger partial charge on any atom is -0.444 e. The summed E-state index contributed by atoms with van der Waals surface area (Å²) in [5.41, 5.74) is 3.77. The summed E-state index contributed by atoms with van der Waals surface area (Å²) in [5.74, 6) is 1.18. The van der Waals surface area contributed by atoms with E-state index in [1.807, 2.05) is 39.0 Å². The lowest BCUT2D eigenvalue weighted by Crippen LogP contribution is -2.40. The van der Waals surface area contributed by atoms with Gasteiger partial charge in [-0.25, -0.2) is 4.79 Å². The van der Waals surface area contributed by atoms with E-state index in [-0.39, 0.29) is 17.7 Å². The third-order valence-corrected chi connectivity index (χ3v) is 8.83. The molecule has 0 aliphatic heterocycles. The van der Waals surface area contributed by atoms with Gasteiger partial charge in [-0.15, -0.1) is 0 Å². The summed E-state index contributed by atoms with van der Waals surface area (Å²) < 4.78 is 10.7. The Bertz CT molecular complexity index is 1580. The average molecular weight is 580 g/mol. The maximum absolute atomic E-state index is 13.1. The summed E-state index contributed by atoms with van der Waals surface area (Å²) in [6, 6.07) is 13.2. The Morgan fingerprint density at radius 3 is 2.45 bits per heavy atom. The fourth-order valence-electron chi connectivity index (χ4n) is 6.47. The molecule has 0 atom stereocenters. The van der Waals surface area contributed by atoms with E-state index in [2.05, 4.69) is 53.4 Å². The molecule has 0 spiro atoms. The van der Waals surface area contributed by atoms with E-state index in [0.29, 0.717) is 17.3 Å². The predicted molar refractivity (Wildman–Crippen MR) is 154 cm³/mol. The van der Waals surface area contributed by atoms with Crippen molar-refractivity contribution in [1.29, 1.82) is 0 Å². The number of alkyl carbamates (subject to hydrolysis) is 1. The van der Waals surface area contributed by atoms with Crippen LogP contribution in [-0.2, 0) is 4.74 Å². The molecule has 0 radical (unpaired) electrons. The summed E-state index contributed by atoms with van der Waals surface area (Å²) in [7, 11) is 0. The Morgan fingerprint density at radius 2 is 1.74 bits per heavy atom. The molecular formula is C30H35BrN4O3. The normalized spacial score (nSPS) is 20.9. The summed E-state index contributed by atoms with van der Waals surface area (Å²) in [6.45, 7) is 5.66. The first kappa shape index (κ1) is 25.4. The third kappa shape index (κ3) is 4.61. The molecule has 38 heavy (non-hydrogen) atoms. The van der Waals surface area contributed by atoms with Crippen LogP contribution in [0.15, 0.2) is 45.7 Å². The molecule has 0 bridgehead atoms. The maximum atomic E-state index is 13.1. The molecule has 2 aromatic carbocycles. The molecule has 6 rings (SSSR count). The van der Waals surface area contributed by atoms with Crippen LogP contribution in [0.4, 0.5) is 4.79 Å². The van der Waals surface area contributed by atoms with E-state index in [1.165, 1.54) is 18.4 Å². The van der Waals surface area contributed by atoms with Crippen LogP contribution in [0, 0.1) is 0 Å². The molecular weight excluding hydrogens is 544 g/mol. The number of carbonyl (C=O) groups excluding carboxylic acids is 1. The van der Waals surface area contributed by atoms with Crippen molar-refractivity contribution in [2.75, 3.05) is 0 Å². The van der Waals surface area contributed by atoms with Gasteiger partial charge in [0.15, 0.2) is 0 Å². The van der Waals surface area contributed by atoms with Crippen molar-refractivity contribution in [3.63, 3.8) is 0 Å². The summed E-state index contributed by atoms with van der Waals surface area (Å²) in [6.07, 6.45) is 8.19. The number of rotatable bonds is 3. The number of hydrogen-bond donors (Lipinski definition) is 1. The first-order chi connectivity index (χ1) is 18.2. The molecule has 2 saturated carbocycles. The molecule has 2 aliphatic carbocycles. The van der Waals surface area contributed by atoms with Crippen LogP contribution in [0.2, 0.25) is 0 Å². The Balaban J connectivity index is 1.37. The van der Waals surface area contributed by atoms with Crippen LogP contribution in [0.25, 0.3) is 27.7 Å². The van der Waals surface area contributed by atoms with Crippen LogP contribution in [0.5, 0.6) is 0 Å². The summed E-state index contributed by atoms with van der Waals surface area (Å²) in [5, 5.41) is 3.68. The van der Waals surface area contributed by atoms with Crippen LogP contribution < -0.4 is 10.9 Å². The lowest BCUT2D eigenvalue weighted by Gasteiger charge is -2.30. The lowest BCUT2D eigenvalue weighted by molar-refractivity contribution is 0.0491. The molecule has 8 heteroatoms. The predicted octanol–water partition coefficient (Wildman–Crippen LogP) is 7.23. The van der Waals surface area contributed by atoms with Gasteiger partial charge in [0.1, 0.15) is 5.60 Å². The highest BCUT2D eigenvalue weighted by molar-refractivity contribution is 9.10. The van der Waals surface area contributed by atoms with Crippen molar-refractivity contribution in [1.82, 2.24) is 19.3 Å². The smallest absolute Gasteiger partial charge is 0.407 e. The minimum atomic E-state index is -0.490. The van der Waals surface area contributed by atoms with Crippen molar-refractivity contribution >= 4 is 49.7 Å². The van der Waals surface area contributed by atoms with E-state index in [4.69, 9.17) is 4.74 Å². The molecule has 0 saturated heterocycles. The second-order valence-electron chi connectivity index (χ2n) is 11.9. The Kier molecular flexibility index (Phi) is 6.49. The van der Waals surface area contributed by atoms with Gasteiger partial charge in [0, 0.05) is 16.6 Å². The van der Waals surface area contributed by atoms with Gasteiger partial charge >= 0.3 is 6.09 Å². The number of aromatic nitrogens is 3. The van der Waals surface area contributed by atoms with Crippen LogP contribution >= 0.6 is 15.9 Å². The maximum Gasteiger partial charge on any atom is 0.407 e. The number of nitrogens with one attached hydrogen (secondary N) is 1. The first-order valence-electron chi connectivity index (χ1n) is 13.8. The van der Waals surface area contributed by atoms with Gasteiger partial charge in [0.25, 0.3) is 5.56 Å². The molecule has 7 nitrogen and oxygen atoms in total. The number of imidazole rings is 1. The average Bonchev–Trinajstić information content (AvgIpc) is 3.48. The monoisotopic (exact) mass is 578 g/mol. The highest BCUT2D eigenvalue weighted by Crippen LogP contribution is 2.39. The van der Waals surface area contributed by atoms with Gasteiger partial charge in [-0.05, 0) is 111 Å². The summed E-state index contributed by atoms with van der Waals surface area (Å²) >= 11 is 3.57. The van der Waals surface area contributed by atoms with Crippen molar-refractivity contribution in [3.8, 4) is 0 Å². The van der Waals surface area contributed by atoms with Crippen molar-refractivity contribution in [3.05, 3.63) is 56.8 Å². The zero-order chi connectivity index (χ0) is 26.6. The SMILES string of the molecule is CC(C)(C)OC(=O)NC1CCC(c2ccc3c(c2)n(C2CCCC2)c2nc(=O)c4c(Br)cccc4n32)CC1. The number of fused-ring (bicyclic) bond motifs is 5. The van der Waals surface area contributed by atoms with Gasteiger partial charge in [-0.3, -0.25) is 9.20 Å². The minimum absolute atomic E-state index is 0.148. The van der Waals surface area contributed by atoms with Crippen LogP contribution in [-0.4, -0.2) is 31.7 Å². The number of benzene rings is 2. The van der Waals surface area contributed by atoms with Gasteiger partial charge in [-0.1, -0.05) is 25.0 Å². The van der Waals surface area contributed by atoms with Crippen molar-refractivity contribution in [2.45, 2.75) is 95.7 Å². The zero-order valence-corrected chi connectivity index (χ0v) is 23.9.